The van der Waals surface area contributed by atoms with Crippen LogP contribution in [0.4, 0.5) is 4.39 Å². The predicted molar refractivity (Wildman–Crippen MR) is 62.5 cm³/mol. The van der Waals surface area contributed by atoms with Gasteiger partial charge in [-0.15, -0.1) is 0 Å². The molecule has 0 saturated carbocycles. The monoisotopic (exact) mass is 209 g/mol. The maximum atomic E-state index is 12.8. The van der Waals surface area contributed by atoms with Crippen LogP contribution < -0.4 is 5.32 Å². The zero-order valence-corrected chi connectivity index (χ0v) is 9.92. The highest BCUT2D eigenvalue weighted by atomic mass is 19.1. The quantitative estimate of drug-likeness (QED) is 0.803. The molecule has 1 rings (SSSR count). The maximum Gasteiger partial charge on any atom is 0.123 e. The zero-order chi connectivity index (χ0) is 11.4. The molecule has 15 heavy (non-hydrogen) atoms. The lowest BCUT2D eigenvalue weighted by molar-refractivity contribution is 0.376. The fraction of sp³-hybridized carbons (Fsp3) is 0.538. The molecular formula is C13H20FN. The van der Waals surface area contributed by atoms with Gasteiger partial charge in [0.1, 0.15) is 5.82 Å². The molecule has 0 aliphatic carbocycles. The standard InChI is InChI=1S/C13H20FN/c1-9(2)13(15-4)10(3)11-5-7-12(14)8-6-11/h5-10,13,15H,1-4H3. The van der Waals surface area contributed by atoms with Crippen LogP contribution in [0, 0.1) is 11.7 Å². The van der Waals surface area contributed by atoms with E-state index in [0.29, 0.717) is 17.9 Å². The lowest BCUT2D eigenvalue weighted by Crippen LogP contribution is -2.35. The van der Waals surface area contributed by atoms with Crippen molar-refractivity contribution in [2.75, 3.05) is 7.05 Å². The van der Waals surface area contributed by atoms with Crippen molar-refractivity contribution in [1.29, 1.82) is 0 Å². The van der Waals surface area contributed by atoms with Crippen LogP contribution >= 0.6 is 0 Å². The minimum absolute atomic E-state index is 0.170. The molecule has 0 amide bonds. The van der Waals surface area contributed by atoms with Crippen LogP contribution in [0.15, 0.2) is 24.3 Å². The minimum atomic E-state index is -0.170. The largest absolute Gasteiger partial charge is 0.316 e. The molecule has 2 unspecified atom stereocenters. The van der Waals surface area contributed by atoms with E-state index < -0.39 is 0 Å². The fourth-order valence-corrected chi connectivity index (χ4v) is 2.13. The van der Waals surface area contributed by atoms with Crippen LogP contribution in [0.2, 0.25) is 0 Å². The first-order valence-corrected chi connectivity index (χ1v) is 5.49. The fourth-order valence-electron chi connectivity index (χ4n) is 2.13. The van der Waals surface area contributed by atoms with Gasteiger partial charge >= 0.3 is 0 Å². The highest BCUT2D eigenvalue weighted by Gasteiger charge is 2.20. The topological polar surface area (TPSA) is 12.0 Å². The highest BCUT2D eigenvalue weighted by Crippen LogP contribution is 2.23. The Hall–Kier alpha value is -0.890. The van der Waals surface area contributed by atoms with Crippen molar-refractivity contribution in [1.82, 2.24) is 5.32 Å². The number of likely N-dealkylation sites (N-methyl/N-ethyl adjacent to an activating group) is 1. The van der Waals surface area contributed by atoms with E-state index in [9.17, 15) is 4.39 Å². The summed E-state index contributed by atoms with van der Waals surface area (Å²) in [5.41, 5.74) is 1.18. The Kier molecular flexibility index (Phi) is 4.28. The Balaban J connectivity index is 2.82. The third-order valence-corrected chi connectivity index (χ3v) is 2.99. The zero-order valence-electron chi connectivity index (χ0n) is 9.92. The summed E-state index contributed by atoms with van der Waals surface area (Å²) in [6.45, 7) is 6.57. The molecule has 84 valence electrons. The lowest BCUT2D eigenvalue weighted by atomic mass is 9.86. The van der Waals surface area contributed by atoms with Crippen LogP contribution in [-0.2, 0) is 0 Å². The number of rotatable bonds is 4. The molecule has 0 bridgehead atoms. The van der Waals surface area contributed by atoms with E-state index in [1.807, 2.05) is 19.2 Å². The van der Waals surface area contributed by atoms with Gasteiger partial charge in [-0.1, -0.05) is 32.9 Å². The molecule has 2 heteroatoms. The number of benzene rings is 1. The first kappa shape index (κ1) is 12.2. The average Bonchev–Trinajstić information content (AvgIpc) is 2.19. The molecule has 0 radical (unpaired) electrons. The second-order valence-electron chi connectivity index (χ2n) is 4.40. The third kappa shape index (κ3) is 3.03. The molecule has 1 nitrogen and oxygen atoms in total. The summed E-state index contributed by atoms with van der Waals surface area (Å²) in [4.78, 5) is 0. The van der Waals surface area contributed by atoms with Crippen LogP contribution in [-0.4, -0.2) is 13.1 Å². The molecule has 0 fully saturated rings. The Morgan fingerprint density at radius 1 is 1.07 bits per heavy atom. The molecule has 0 aromatic heterocycles. The second kappa shape index (κ2) is 5.26. The lowest BCUT2D eigenvalue weighted by Gasteiger charge is -2.27. The summed E-state index contributed by atoms with van der Waals surface area (Å²) >= 11 is 0. The van der Waals surface area contributed by atoms with Crippen molar-refractivity contribution < 1.29 is 4.39 Å². The van der Waals surface area contributed by atoms with Gasteiger partial charge in [-0.05, 0) is 36.6 Å². The van der Waals surface area contributed by atoms with Gasteiger partial charge in [-0.2, -0.15) is 0 Å². The Morgan fingerprint density at radius 2 is 1.60 bits per heavy atom. The maximum absolute atomic E-state index is 12.8. The first-order valence-electron chi connectivity index (χ1n) is 5.49. The van der Waals surface area contributed by atoms with Crippen molar-refractivity contribution in [2.24, 2.45) is 5.92 Å². The molecular weight excluding hydrogens is 189 g/mol. The van der Waals surface area contributed by atoms with Crippen molar-refractivity contribution >= 4 is 0 Å². The molecule has 0 saturated heterocycles. The van der Waals surface area contributed by atoms with Crippen LogP contribution in [0.5, 0.6) is 0 Å². The first-order chi connectivity index (χ1) is 7.06. The number of hydrogen-bond donors (Lipinski definition) is 1. The van der Waals surface area contributed by atoms with Crippen LogP contribution in [0.25, 0.3) is 0 Å². The molecule has 0 spiro atoms. The summed E-state index contributed by atoms with van der Waals surface area (Å²) in [6, 6.07) is 7.22. The molecule has 1 aromatic rings. The van der Waals surface area contributed by atoms with E-state index in [1.165, 1.54) is 17.7 Å². The highest BCUT2D eigenvalue weighted by molar-refractivity contribution is 5.21. The smallest absolute Gasteiger partial charge is 0.123 e. The van der Waals surface area contributed by atoms with Gasteiger partial charge in [-0.3, -0.25) is 0 Å². The SMILES string of the molecule is CNC(C(C)C)C(C)c1ccc(F)cc1. The minimum Gasteiger partial charge on any atom is -0.316 e. The Labute approximate surface area is 91.7 Å². The summed E-state index contributed by atoms with van der Waals surface area (Å²) in [6.07, 6.45) is 0. The van der Waals surface area contributed by atoms with Crippen LogP contribution in [0.1, 0.15) is 32.3 Å². The van der Waals surface area contributed by atoms with Crippen molar-refractivity contribution in [3.05, 3.63) is 35.6 Å². The van der Waals surface area contributed by atoms with Crippen LogP contribution in [0.3, 0.4) is 0 Å². The normalized spacial score (nSPS) is 15.3. The van der Waals surface area contributed by atoms with E-state index in [4.69, 9.17) is 0 Å². The molecule has 0 aliphatic rings. The van der Waals surface area contributed by atoms with E-state index >= 15 is 0 Å². The number of nitrogens with one attached hydrogen (secondary N) is 1. The van der Waals surface area contributed by atoms with Gasteiger partial charge in [0.25, 0.3) is 0 Å². The molecule has 1 N–H and O–H groups in total. The van der Waals surface area contributed by atoms with E-state index in [2.05, 4.69) is 26.1 Å². The number of hydrogen-bond acceptors (Lipinski definition) is 1. The molecule has 2 atom stereocenters. The predicted octanol–water partition coefficient (Wildman–Crippen LogP) is 3.17. The van der Waals surface area contributed by atoms with Crippen molar-refractivity contribution in [3.63, 3.8) is 0 Å². The van der Waals surface area contributed by atoms with Gasteiger partial charge in [0.15, 0.2) is 0 Å². The summed E-state index contributed by atoms with van der Waals surface area (Å²) in [5.74, 6) is 0.794. The molecule has 0 aliphatic heterocycles. The summed E-state index contributed by atoms with van der Waals surface area (Å²) in [5, 5.41) is 3.32. The molecule has 0 heterocycles. The van der Waals surface area contributed by atoms with Gasteiger partial charge in [0.2, 0.25) is 0 Å². The van der Waals surface area contributed by atoms with E-state index in [0.717, 1.165) is 0 Å². The Morgan fingerprint density at radius 3 is 2.00 bits per heavy atom. The second-order valence-corrected chi connectivity index (χ2v) is 4.40. The van der Waals surface area contributed by atoms with Gasteiger partial charge < -0.3 is 5.32 Å². The van der Waals surface area contributed by atoms with Gasteiger partial charge in [0, 0.05) is 6.04 Å². The van der Waals surface area contributed by atoms with E-state index in [-0.39, 0.29) is 5.82 Å². The third-order valence-electron chi connectivity index (χ3n) is 2.99. The Bertz CT molecular complexity index is 292. The molecule has 1 aromatic carbocycles. The van der Waals surface area contributed by atoms with Gasteiger partial charge in [-0.25, -0.2) is 4.39 Å². The van der Waals surface area contributed by atoms with E-state index in [1.54, 1.807) is 0 Å². The number of halogens is 1. The van der Waals surface area contributed by atoms with Crippen molar-refractivity contribution in [3.8, 4) is 0 Å². The van der Waals surface area contributed by atoms with Gasteiger partial charge in [0.05, 0.1) is 0 Å². The summed E-state index contributed by atoms with van der Waals surface area (Å²) < 4.78 is 12.8. The average molecular weight is 209 g/mol. The summed E-state index contributed by atoms with van der Waals surface area (Å²) in [7, 11) is 1.98. The van der Waals surface area contributed by atoms with Crippen molar-refractivity contribution in [2.45, 2.75) is 32.7 Å².